The highest BCUT2D eigenvalue weighted by atomic mass is 19.1. The van der Waals surface area contributed by atoms with E-state index in [4.69, 9.17) is 9.84 Å². The standard InChI is InChI=1S/C17H21FN2O5/c18-13-4-1-3-12(7-13)8-14(21)19-10-15(22)20-17(9-16(23)24)5-2-6-25-11-17/h1,3-4,7H,2,5-6,8-11H2,(H,19,21)(H,20,22)(H,23,24). The van der Waals surface area contributed by atoms with E-state index in [9.17, 15) is 18.8 Å². The van der Waals surface area contributed by atoms with Crippen molar-refractivity contribution in [2.45, 2.75) is 31.2 Å². The van der Waals surface area contributed by atoms with Crippen LogP contribution in [0.5, 0.6) is 0 Å². The molecule has 0 radical (unpaired) electrons. The molecule has 2 amide bonds. The second-order valence-corrected chi connectivity index (χ2v) is 6.14. The normalized spacial score (nSPS) is 19.9. The third-order valence-electron chi connectivity index (χ3n) is 3.92. The summed E-state index contributed by atoms with van der Waals surface area (Å²) in [5, 5.41) is 14.2. The van der Waals surface area contributed by atoms with Gasteiger partial charge in [-0.05, 0) is 30.5 Å². The summed E-state index contributed by atoms with van der Waals surface area (Å²) in [7, 11) is 0. The molecule has 1 aromatic carbocycles. The van der Waals surface area contributed by atoms with Gasteiger partial charge in [0.15, 0.2) is 0 Å². The van der Waals surface area contributed by atoms with Gasteiger partial charge in [0.05, 0.1) is 31.5 Å². The van der Waals surface area contributed by atoms with E-state index in [1.54, 1.807) is 6.07 Å². The van der Waals surface area contributed by atoms with Gasteiger partial charge in [-0.3, -0.25) is 14.4 Å². The van der Waals surface area contributed by atoms with E-state index in [0.29, 0.717) is 25.0 Å². The van der Waals surface area contributed by atoms with Gasteiger partial charge < -0.3 is 20.5 Å². The molecule has 25 heavy (non-hydrogen) atoms. The fourth-order valence-corrected chi connectivity index (χ4v) is 2.84. The molecule has 1 aliphatic heterocycles. The van der Waals surface area contributed by atoms with Crippen molar-refractivity contribution >= 4 is 17.8 Å². The monoisotopic (exact) mass is 352 g/mol. The van der Waals surface area contributed by atoms with E-state index < -0.39 is 29.1 Å². The molecule has 1 atom stereocenters. The Bertz CT molecular complexity index is 644. The van der Waals surface area contributed by atoms with Gasteiger partial charge in [-0.1, -0.05) is 12.1 Å². The third-order valence-corrected chi connectivity index (χ3v) is 3.92. The third kappa shape index (κ3) is 6.15. The lowest BCUT2D eigenvalue weighted by atomic mass is 9.88. The van der Waals surface area contributed by atoms with Gasteiger partial charge >= 0.3 is 5.97 Å². The van der Waals surface area contributed by atoms with Crippen LogP contribution in [0.25, 0.3) is 0 Å². The van der Waals surface area contributed by atoms with E-state index in [0.717, 1.165) is 0 Å². The van der Waals surface area contributed by atoms with Gasteiger partial charge in [-0.25, -0.2) is 4.39 Å². The molecule has 136 valence electrons. The number of nitrogens with one attached hydrogen (secondary N) is 2. The van der Waals surface area contributed by atoms with Crippen LogP contribution in [0.4, 0.5) is 4.39 Å². The molecule has 1 saturated heterocycles. The lowest BCUT2D eigenvalue weighted by Crippen LogP contribution is -2.57. The molecule has 8 heteroatoms. The molecule has 1 heterocycles. The van der Waals surface area contributed by atoms with Crippen LogP contribution in [0.2, 0.25) is 0 Å². The van der Waals surface area contributed by atoms with Crippen LogP contribution in [0.1, 0.15) is 24.8 Å². The zero-order valence-electron chi connectivity index (χ0n) is 13.7. The average molecular weight is 352 g/mol. The zero-order chi connectivity index (χ0) is 18.3. The van der Waals surface area contributed by atoms with Gasteiger partial charge in [-0.2, -0.15) is 0 Å². The maximum atomic E-state index is 13.1. The first-order valence-electron chi connectivity index (χ1n) is 8.00. The maximum Gasteiger partial charge on any atom is 0.305 e. The molecule has 2 rings (SSSR count). The average Bonchev–Trinajstić information content (AvgIpc) is 2.53. The molecule has 1 aliphatic rings. The Morgan fingerprint density at radius 2 is 2.08 bits per heavy atom. The van der Waals surface area contributed by atoms with Gasteiger partial charge in [0.2, 0.25) is 11.8 Å². The van der Waals surface area contributed by atoms with Crippen molar-refractivity contribution in [1.82, 2.24) is 10.6 Å². The van der Waals surface area contributed by atoms with Crippen LogP contribution in [-0.2, 0) is 25.5 Å². The van der Waals surface area contributed by atoms with Crippen molar-refractivity contribution in [3.63, 3.8) is 0 Å². The minimum Gasteiger partial charge on any atom is -0.481 e. The lowest BCUT2D eigenvalue weighted by molar-refractivity contribution is -0.141. The zero-order valence-corrected chi connectivity index (χ0v) is 13.7. The lowest BCUT2D eigenvalue weighted by Gasteiger charge is -2.36. The molecule has 1 unspecified atom stereocenters. The SMILES string of the molecule is O=C(O)CC1(NC(=O)CNC(=O)Cc2cccc(F)c2)CCCOC1. The highest BCUT2D eigenvalue weighted by Gasteiger charge is 2.36. The minimum atomic E-state index is -1.03. The van der Waals surface area contributed by atoms with E-state index in [1.165, 1.54) is 18.2 Å². The Balaban J connectivity index is 1.84. The summed E-state index contributed by atoms with van der Waals surface area (Å²) in [5.74, 6) is -2.37. The highest BCUT2D eigenvalue weighted by molar-refractivity contribution is 5.86. The summed E-state index contributed by atoms with van der Waals surface area (Å²) in [5.41, 5.74) is -0.449. The molecule has 0 bridgehead atoms. The second kappa shape index (κ2) is 8.57. The number of carbonyl (C=O) groups excluding carboxylic acids is 2. The highest BCUT2D eigenvalue weighted by Crippen LogP contribution is 2.22. The topological polar surface area (TPSA) is 105 Å². The molecule has 0 aliphatic carbocycles. The Morgan fingerprint density at radius 3 is 2.72 bits per heavy atom. The first kappa shape index (κ1) is 18.9. The van der Waals surface area contributed by atoms with Crippen molar-refractivity contribution in [2.75, 3.05) is 19.8 Å². The number of carboxylic acid groups (broad SMARTS) is 1. The number of hydrogen-bond donors (Lipinski definition) is 3. The van der Waals surface area contributed by atoms with E-state index in [-0.39, 0.29) is 26.0 Å². The van der Waals surface area contributed by atoms with Crippen molar-refractivity contribution in [1.29, 1.82) is 0 Å². The number of carboxylic acids is 1. The number of amides is 2. The summed E-state index contributed by atoms with van der Waals surface area (Å²) in [6, 6.07) is 5.65. The van der Waals surface area contributed by atoms with Crippen molar-refractivity contribution in [2.24, 2.45) is 0 Å². The van der Waals surface area contributed by atoms with Crippen LogP contribution in [0.3, 0.4) is 0 Å². The molecular weight excluding hydrogens is 331 g/mol. The van der Waals surface area contributed by atoms with Gasteiger partial charge in [-0.15, -0.1) is 0 Å². The molecule has 0 spiro atoms. The molecule has 0 aromatic heterocycles. The summed E-state index contributed by atoms with van der Waals surface area (Å²) in [6.45, 7) is 0.374. The summed E-state index contributed by atoms with van der Waals surface area (Å²) >= 11 is 0. The number of hydrogen-bond acceptors (Lipinski definition) is 4. The van der Waals surface area contributed by atoms with Gasteiger partial charge in [0, 0.05) is 6.61 Å². The van der Waals surface area contributed by atoms with Gasteiger partial charge in [0.25, 0.3) is 0 Å². The number of halogens is 1. The van der Waals surface area contributed by atoms with E-state index in [1.807, 2.05) is 0 Å². The number of benzene rings is 1. The van der Waals surface area contributed by atoms with Crippen LogP contribution in [0.15, 0.2) is 24.3 Å². The van der Waals surface area contributed by atoms with E-state index in [2.05, 4.69) is 10.6 Å². The van der Waals surface area contributed by atoms with Crippen LogP contribution in [-0.4, -0.2) is 48.2 Å². The molecule has 1 fully saturated rings. The second-order valence-electron chi connectivity index (χ2n) is 6.14. The first-order valence-corrected chi connectivity index (χ1v) is 8.00. The summed E-state index contributed by atoms with van der Waals surface area (Å²) in [4.78, 5) is 35.0. The maximum absolute atomic E-state index is 13.1. The van der Waals surface area contributed by atoms with Crippen molar-refractivity contribution in [3.05, 3.63) is 35.6 Å². The van der Waals surface area contributed by atoms with Crippen LogP contribution >= 0.6 is 0 Å². The fourth-order valence-electron chi connectivity index (χ4n) is 2.84. The van der Waals surface area contributed by atoms with Crippen molar-refractivity contribution in [3.8, 4) is 0 Å². The molecule has 3 N–H and O–H groups in total. The molecule has 1 aromatic rings. The van der Waals surface area contributed by atoms with Gasteiger partial charge in [0.1, 0.15) is 5.82 Å². The molecule has 0 saturated carbocycles. The van der Waals surface area contributed by atoms with E-state index >= 15 is 0 Å². The summed E-state index contributed by atoms with van der Waals surface area (Å²) < 4.78 is 18.4. The Morgan fingerprint density at radius 1 is 1.28 bits per heavy atom. The van der Waals surface area contributed by atoms with Crippen LogP contribution < -0.4 is 10.6 Å². The number of ether oxygens (including phenoxy) is 1. The number of aliphatic carboxylic acids is 1. The number of rotatable bonds is 7. The number of carbonyl (C=O) groups is 3. The predicted octanol–water partition coefficient (Wildman–Crippen LogP) is 0.624. The predicted molar refractivity (Wildman–Crippen MR) is 86.3 cm³/mol. The van der Waals surface area contributed by atoms with Crippen LogP contribution in [0, 0.1) is 5.82 Å². The van der Waals surface area contributed by atoms with Crippen molar-refractivity contribution < 1.29 is 28.6 Å². The Hall–Kier alpha value is -2.48. The minimum absolute atomic E-state index is 0.0472. The largest absolute Gasteiger partial charge is 0.481 e. The Labute approximate surface area is 144 Å². The molecule has 7 nitrogen and oxygen atoms in total. The quantitative estimate of drug-likeness (QED) is 0.667. The summed E-state index contributed by atoms with van der Waals surface area (Å²) in [6.07, 6.45) is 0.867. The first-order chi connectivity index (χ1) is 11.9. The smallest absolute Gasteiger partial charge is 0.305 e. The Kier molecular flexibility index (Phi) is 6.46. The molecular formula is C17H21FN2O5. The fraction of sp³-hybridized carbons (Fsp3) is 0.471.